The summed E-state index contributed by atoms with van der Waals surface area (Å²) in [5.41, 5.74) is 6.66. The molecule has 0 aliphatic carbocycles. The standard InChI is InChI=1S/C29H29ClFN5O6/c1-3-40-27(39)29(16(2)37,13-17-9-11-19(12-10-17)18-7-5-4-6-8-18)41-14-20-23(38)21(31)26(42-20)36-15-33-22-24(32)34-28(30)35-25(22)36/h4-12,15,20-21,23,26,38H,3,13-14H2,1-2H3,(H2,32,34,35)/t20-,21+,23-,26-,29?/m1/s1. The zero-order valence-electron chi connectivity index (χ0n) is 22.8. The fourth-order valence-electron chi connectivity index (χ4n) is 4.92. The molecule has 1 aliphatic heterocycles. The Morgan fingerprint density at radius 1 is 1.14 bits per heavy atom. The number of Topliss-reactive ketones (excluding diaryl/α,β-unsaturated/α-hetero) is 1. The molecule has 2 aromatic carbocycles. The lowest BCUT2D eigenvalue weighted by Gasteiger charge is -2.30. The SMILES string of the molecule is CCOC(=O)C(Cc1ccc(-c2ccccc2)cc1)(OC[C@H]1O[C@@H](n2cnc3c(N)nc(Cl)nc32)[C@@H](F)[C@@H]1O)C(C)=O. The molecule has 220 valence electrons. The van der Waals surface area contributed by atoms with E-state index in [9.17, 15) is 14.7 Å². The number of alkyl halides is 1. The van der Waals surface area contributed by atoms with Gasteiger partial charge in [0, 0.05) is 6.42 Å². The first-order valence-corrected chi connectivity index (χ1v) is 13.6. The van der Waals surface area contributed by atoms with Crippen molar-refractivity contribution >= 4 is 40.3 Å². The Bertz CT molecular complexity index is 1590. The molecule has 0 radical (unpaired) electrons. The molecule has 13 heteroatoms. The molecule has 1 saturated heterocycles. The Kier molecular flexibility index (Phi) is 8.50. The third kappa shape index (κ3) is 5.58. The zero-order valence-corrected chi connectivity index (χ0v) is 23.6. The quantitative estimate of drug-likeness (QED) is 0.158. The van der Waals surface area contributed by atoms with Gasteiger partial charge < -0.3 is 25.1 Å². The average Bonchev–Trinajstić information content (AvgIpc) is 3.52. The normalized spacial score (nSPS) is 21.7. The summed E-state index contributed by atoms with van der Waals surface area (Å²) in [7, 11) is 0. The van der Waals surface area contributed by atoms with Crippen LogP contribution >= 0.6 is 11.6 Å². The minimum absolute atomic E-state index is 0.00258. The minimum atomic E-state index is -2.06. The summed E-state index contributed by atoms with van der Waals surface area (Å²) in [4.78, 5) is 38.2. The van der Waals surface area contributed by atoms with Crippen LogP contribution in [0, 0.1) is 0 Å². The molecule has 5 rings (SSSR count). The fourth-order valence-corrected chi connectivity index (χ4v) is 5.09. The number of rotatable bonds is 10. The molecular formula is C29H29ClFN5O6. The van der Waals surface area contributed by atoms with Crippen LogP contribution in [0.5, 0.6) is 0 Å². The molecule has 1 unspecified atom stereocenters. The second-order valence-corrected chi connectivity index (χ2v) is 10.2. The molecule has 0 spiro atoms. The van der Waals surface area contributed by atoms with E-state index in [2.05, 4.69) is 15.0 Å². The van der Waals surface area contributed by atoms with Crippen molar-refractivity contribution in [1.29, 1.82) is 0 Å². The first-order valence-electron chi connectivity index (χ1n) is 13.2. The minimum Gasteiger partial charge on any atom is -0.463 e. The van der Waals surface area contributed by atoms with Crippen LogP contribution in [0.25, 0.3) is 22.3 Å². The topological polar surface area (TPSA) is 152 Å². The van der Waals surface area contributed by atoms with Crippen molar-refractivity contribution in [1.82, 2.24) is 19.5 Å². The van der Waals surface area contributed by atoms with Gasteiger partial charge in [-0.1, -0.05) is 54.6 Å². The number of aliphatic hydroxyl groups excluding tert-OH is 1. The van der Waals surface area contributed by atoms with Gasteiger partial charge in [0.2, 0.25) is 10.9 Å². The molecule has 5 atom stereocenters. The summed E-state index contributed by atoms with van der Waals surface area (Å²) < 4.78 is 33.6. The van der Waals surface area contributed by atoms with E-state index >= 15 is 4.39 Å². The highest BCUT2D eigenvalue weighted by molar-refractivity contribution is 6.28. The maximum Gasteiger partial charge on any atom is 0.346 e. The number of ketones is 1. The van der Waals surface area contributed by atoms with Crippen LogP contribution < -0.4 is 5.73 Å². The predicted octanol–water partition coefficient (Wildman–Crippen LogP) is 3.48. The summed E-state index contributed by atoms with van der Waals surface area (Å²) in [6, 6.07) is 17.1. The smallest absolute Gasteiger partial charge is 0.346 e. The number of nitrogens with zero attached hydrogens (tertiary/aromatic N) is 4. The van der Waals surface area contributed by atoms with E-state index in [1.807, 2.05) is 42.5 Å². The number of hydrogen-bond donors (Lipinski definition) is 2. The third-order valence-corrected chi connectivity index (χ3v) is 7.34. The van der Waals surface area contributed by atoms with Gasteiger partial charge in [0.05, 0.1) is 19.5 Å². The molecule has 2 aromatic heterocycles. The maximum atomic E-state index is 15.4. The summed E-state index contributed by atoms with van der Waals surface area (Å²) in [5.74, 6) is -1.51. The maximum absolute atomic E-state index is 15.4. The Morgan fingerprint density at radius 2 is 1.83 bits per heavy atom. The molecule has 0 saturated carbocycles. The number of anilines is 1. The highest BCUT2D eigenvalue weighted by Crippen LogP contribution is 2.36. The molecule has 4 aromatic rings. The number of aliphatic hydroxyl groups is 1. The van der Waals surface area contributed by atoms with Gasteiger partial charge >= 0.3 is 5.97 Å². The number of ether oxygens (including phenoxy) is 3. The van der Waals surface area contributed by atoms with E-state index in [1.54, 1.807) is 19.1 Å². The number of carbonyl (C=O) groups is 2. The zero-order chi connectivity index (χ0) is 30.0. The van der Waals surface area contributed by atoms with Crippen molar-refractivity contribution < 1.29 is 33.3 Å². The van der Waals surface area contributed by atoms with Gasteiger partial charge in [-0.25, -0.2) is 14.2 Å². The van der Waals surface area contributed by atoms with E-state index < -0.39 is 48.6 Å². The van der Waals surface area contributed by atoms with E-state index in [-0.39, 0.29) is 35.3 Å². The lowest BCUT2D eigenvalue weighted by molar-refractivity contribution is -0.183. The Morgan fingerprint density at radius 3 is 2.50 bits per heavy atom. The first-order chi connectivity index (χ1) is 20.1. The lowest BCUT2D eigenvalue weighted by Crippen LogP contribution is -2.52. The van der Waals surface area contributed by atoms with E-state index in [0.717, 1.165) is 11.1 Å². The number of halogens is 2. The monoisotopic (exact) mass is 597 g/mol. The molecule has 1 aliphatic rings. The fraction of sp³-hybridized carbons (Fsp3) is 0.345. The van der Waals surface area contributed by atoms with Crippen LogP contribution in [0.2, 0.25) is 5.28 Å². The number of nitrogen functional groups attached to an aromatic ring is 1. The van der Waals surface area contributed by atoms with Gasteiger partial charge in [-0.15, -0.1) is 0 Å². The van der Waals surface area contributed by atoms with Crippen LogP contribution in [0.4, 0.5) is 10.2 Å². The molecular weight excluding hydrogens is 569 g/mol. The molecule has 3 N–H and O–H groups in total. The van der Waals surface area contributed by atoms with E-state index in [1.165, 1.54) is 17.8 Å². The van der Waals surface area contributed by atoms with Gasteiger partial charge in [0.1, 0.15) is 17.7 Å². The number of imidazole rings is 1. The average molecular weight is 598 g/mol. The van der Waals surface area contributed by atoms with Crippen LogP contribution in [-0.4, -0.2) is 73.6 Å². The van der Waals surface area contributed by atoms with Gasteiger partial charge in [0.25, 0.3) is 0 Å². The van der Waals surface area contributed by atoms with Crippen molar-refractivity contribution in [2.45, 2.75) is 50.5 Å². The second-order valence-electron chi connectivity index (χ2n) is 9.86. The molecule has 0 bridgehead atoms. The molecule has 11 nitrogen and oxygen atoms in total. The van der Waals surface area contributed by atoms with Crippen molar-refractivity contribution in [3.05, 3.63) is 71.8 Å². The first kappa shape index (κ1) is 29.5. The predicted molar refractivity (Wildman–Crippen MR) is 151 cm³/mol. The van der Waals surface area contributed by atoms with Crippen LogP contribution in [0.1, 0.15) is 25.6 Å². The number of esters is 1. The van der Waals surface area contributed by atoms with Crippen molar-refractivity contribution in [2.75, 3.05) is 18.9 Å². The van der Waals surface area contributed by atoms with Gasteiger partial charge in [-0.3, -0.25) is 9.36 Å². The number of benzene rings is 2. The number of fused-ring (bicyclic) bond motifs is 1. The van der Waals surface area contributed by atoms with Crippen molar-refractivity contribution in [2.24, 2.45) is 0 Å². The summed E-state index contributed by atoms with van der Waals surface area (Å²) in [6.45, 7) is 2.33. The summed E-state index contributed by atoms with van der Waals surface area (Å²) in [5, 5.41) is 10.5. The van der Waals surface area contributed by atoms with E-state index in [0.29, 0.717) is 5.56 Å². The molecule has 0 amide bonds. The summed E-state index contributed by atoms with van der Waals surface area (Å²) >= 11 is 5.92. The number of aromatic nitrogens is 4. The Hall–Kier alpha value is -3.97. The van der Waals surface area contributed by atoms with Crippen LogP contribution in [0.15, 0.2) is 60.9 Å². The van der Waals surface area contributed by atoms with Gasteiger partial charge in [-0.05, 0) is 42.1 Å². The Labute approximate surface area is 245 Å². The van der Waals surface area contributed by atoms with Crippen molar-refractivity contribution in [3.8, 4) is 11.1 Å². The molecule has 1 fully saturated rings. The molecule has 3 heterocycles. The molecule has 42 heavy (non-hydrogen) atoms. The van der Waals surface area contributed by atoms with Crippen molar-refractivity contribution in [3.63, 3.8) is 0 Å². The number of nitrogens with two attached hydrogens (primary N) is 1. The van der Waals surface area contributed by atoms with Gasteiger partial charge in [-0.2, -0.15) is 9.97 Å². The lowest BCUT2D eigenvalue weighted by atomic mass is 9.89. The third-order valence-electron chi connectivity index (χ3n) is 7.17. The summed E-state index contributed by atoms with van der Waals surface area (Å²) in [6.07, 6.45) is -5.14. The van der Waals surface area contributed by atoms with Crippen LogP contribution in [0.3, 0.4) is 0 Å². The van der Waals surface area contributed by atoms with E-state index in [4.69, 9.17) is 31.5 Å². The number of hydrogen-bond acceptors (Lipinski definition) is 10. The number of carbonyl (C=O) groups excluding carboxylic acids is 2. The largest absolute Gasteiger partial charge is 0.463 e. The van der Waals surface area contributed by atoms with Gasteiger partial charge in [0.15, 0.2) is 29.6 Å². The van der Waals surface area contributed by atoms with Crippen LogP contribution in [-0.2, 0) is 30.2 Å². The highest BCUT2D eigenvalue weighted by Gasteiger charge is 2.50. The second kappa shape index (κ2) is 12.1. The highest BCUT2D eigenvalue weighted by atomic mass is 35.5. The Balaban J connectivity index is 1.38.